The van der Waals surface area contributed by atoms with Crippen LogP contribution in [0.1, 0.15) is 100 Å². The quantitative estimate of drug-likeness (QED) is 0.0611. The summed E-state index contributed by atoms with van der Waals surface area (Å²) in [5.41, 5.74) is -0.917. The lowest BCUT2D eigenvalue weighted by molar-refractivity contribution is -0.156. The second kappa shape index (κ2) is 19.1. The molecule has 0 spiro atoms. The number of benzene rings is 2. The standard InChI is InChI=1S/C35H40Cl6O8/c1-17(2)8-9-18(3)7-6-13-46-32(42)26-28(40)22(36)15-24(38)30(26)48-34(44)35(45)49-31-25(39)16-23(37)29(41)27(31)33(43)47-14-12-21-19(4)10-11-20(21)5/h15-21H,6-14H2,1-5H3. The number of hydrogen-bond acceptors (Lipinski definition) is 8. The van der Waals surface area contributed by atoms with Crippen LogP contribution >= 0.6 is 69.6 Å². The number of carbonyl (C=O) groups excluding carboxylic acids is 4. The van der Waals surface area contributed by atoms with Crippen LogP contribution < -0.4 is 9.47 Å². The molecule has 2 aromatic carbocycles. The van der Waals surface area contributed by atoms with Crippen LogP contribution in [-0.2, 0) is 19.1 Å². The van der Waals surface area contributed by atoms with Crippen LogP contribution in [0, 0.1) is 29.6 Å². The lowest BCUT2D eigenvalue weighted by Gasteiger charge is -2.20. The molecule has 3 unspecified atom stereocenters. The minimum atomic E-state index is -1.64. The van der Waals surface area contributed by atoms with E-state index in [2.05, 4.69) is 34.6 Å². The fraction of sp³-hybridized carbons (Fsp3) is 0.543. The average molecular weight is 801 g/mol. The Kier molecular flexibility index (Phi) is 16.1. The first kappa shape index (κ1) is 41.5. The first-order valence-corrected chi connectivity index (χ1v) is 18.4. The lowest BCUT2D eigenvalue weighted by Crippen LogP contribution is -2.27. The molecule has 14 heteroatoms. The summed E-state index contributed by atoms with van der Waals surface area (Å²) in [4.78, 5) is 52.3. The van der Waals surface area contributed by atoms with Crippen molar-refractivity contribution in [3.8, 4) is 11.5 Å². The van der Waals surface area contributed by atoms with Crippen LogP contribution in [0.2, 0.25) is 30.1 Å². The molecule has 0 bridgehead atoms. The van der Waals surface area contributed by atoms with Crippen molar-refractivity contribution < 1.29 is 38.1 Å². The van der Waals surface area contributed by atoms with Crippen molar-refractivity contribution >= 4 is 93.5 Å². The molecule has 8 nitrogen and oxygen atoms in total. The maximum absolute atomic E-state index is 13.2. The molecule has 0 saturated heterocycles. The van der Waals surface area contributed by atoms with Crippen molar-refractivity contribution in [3.05, 3.63) is 53.4 Å². The maximum atomic E-state index is 13.2. The van der Waals surface area contributed by atoms with Gasteiger partial charge in [0.25, 0.3) is 0 Å². The first-order chi connectivity index (χ1) is 23.0. The third kappa shape index (κ3) is 11.3. The van der Waals surface area contributed by atoms with E-state index in [0.717, 1.165) is 44.2 Å². The van der Waals surface area contributed by atoms with Gasteiger partial charge in [0.15, 0.2) is 11.5 Å². The number of esters is 4. The van der Waals surface area contributed by atoms with Gasteiger partial charge in [-0.25, -0.2) is 19.2 Å². The van der Waals surface area contributed by atoms with E-state index in [4.69, 9.17) is 88.6 Å². The molecule has 0 N–H and O–H groups in total. The Bertz CT molecular complexity index is 1530. The zero-order valence-electron chi connectivity index (χ0n) is 27.9. The van der Waals surface area contributed by atoms with E-state index >= 15 is 0 Å². The first-order valence-electron chi connectivity index (χ1n) is 16.2. The molecule has 3 rings (SSSR count). The van der Waals surface area contributed by atoms with Crippen molar-refractivity contribution in [3.63, 3.8) is 0 Å². The van der Waals surface area contributed by atoms with Gasteiger partial charge in [-0.2, -0.15) is 0 Å². The Labute approximate surface area is 317 Å². The lowest BCUT2D eigenvalue weighted by atomic mass is 9.89. The van der Waals surface area contributed by atoms with Crippen molar-refractivity contribution in [1.82, 2.24) is 0 Å². The zero-order chi connectivity index (χ0) is 36.6. The van der Waals surface area contributed by atoms with Crippen LogP contribution in [0.3, 0.4) is 0 Å². The van der Waals surface area contributed by atoms with E-state index in [0.29, 0.717) is 42.4 Å². The Morgan fingerprint density at radius 2 is 1.12 bits per heavy atom. The molecule has 0 amide bonds. The van der Waals surface area contributed by atoms with Crippen LogP contribution in [0.5, 0.6) is 11.5 Å². The highest BCUT2D eigenvalue weighted by Gasteiger charge is 2.33. The minimum Gasteiger partial charge on any atom is -0.462 e. The van der Waals surface area contributed by atoms with E-state index < -0.39 is 46.5 Å². The second-order valence-corrected chi connectivity index (χ2v) is 15.4. The molecule has 2 aromatic rings. The zero-order valence-corrected chi connectivity index (χ0v) is 32.5. The number of rotatable bonds is 14. The summed E-state index contributed by atoms with van der Waals surface area (Å²) in [6.07, 6.45) is 6.35. The third-order valence-corrected chi connectivity index (χ3v) is 10.9. The van der Waals surface area contributed by atoms with Gasteiger partial charge in [-0.05, 0) is 61.0 Å². The van der Waals surface area contributed by atoms with E-state index in [1.807, 2.05) is 0 Å². The van der Waals surface area contributed by atoms with Crippen LogP contribution in [0.25, 0.3) is 0 Å². The predicted octanol–water partition coefficient (Wildman–Crippen LogP) is 11.4. The molecular formula is C35H40Cl6O8. The number of carbonyl (C=O) groups is 4. The predicted molar refractivity (Wildman–Crippen MR) is 193 cm³/mol. The summed E-state index contributed by atoms with van der Waals surface area (Å²) in [6, 6.07) is 2.26. The molecule has 1 fully saturated rings. The Hall–Kier alpha value is -1.94. The molecule has 0 aromatic heterocycles. The van der Waals surface area contributed by atoms with Gasteiger partial charge < -0.3 is 18.9 Å². The molecule has 49 heavy (non-hydrogen) atoms. The number of halogens is 6. The van der Waals surface area contributed by atoms with Crippen LogP contribution in [0.4, 0.5) is 0 Å². The largest absolute Gasteiger partial charge is 0.462 e. The summed E-state index contributed by atoms with van der Waals surface area (Å²) in [5, 5.41) is -1.47. The summed E-state index contributed by atoms with van der Waals surface area (Å²) in [5.74, 6) is -4.00. The smallest absolute Gasteiger partial charge is 0.423 e. The Morgan fingerprint density at radius 3 is 1.57 bits per heavy atom. The highest BCUT2D eigenvalue weighted by molar-refractivity contribution is 6.47. The van der Waals surface area contributed by atoms with E-state index in [9.17, 15) is 19.2 Å². The van der Waals surface area contributed by atoms with Crippen LogP contribution in [-0.4, -0.2) is 37.1 Å². The van der Waals surface area contributed by atoms with Crippen molar-refractivity contribution in [2.75, 3.05) is 13.2 Å². The molecule has 0 aliphatic heterocycles. The van der Waals surface area contributed by atoms with Gasteiger partial charge in [0.1, 0.15) is 11.1 Å². The fourth-order valence-corrected chi connectivity index (χ4v) is 7.30. The third-order valence-electron chi connectivity index (χ3n) is 8.75. The molecule has 0 heterocycles. The van der Waals surface area contributed by atoms with Gasteiger partial charge in [0, 0.05) is 0 Å². The molecular weight excluding hydrogens is 761 g/mol. The summed E-state index contributed by atoms with van der Waals surface area (Å²) >= 11 is 37.5. The van der Waals surface area contributed by atoms with Gasteiger partial charge in [-0.15, -0.1) is 0 Å². The summed E-state index contributed by atoms with van der Waals surface area (Å²) < 4.78 is 21.3. The molecule has 270 valence electrons. The molecule has 0 radical (unpaired) electrons. The van der Waals surface area contributed by atoms with Crippen molar-refractivity contribution in [1.29, 1.82) is 0 Å². The Morgan fingerprint density at radius 1 is 0.673 bits per heavy atom. The molecule has 3 atom stereocenters. The van der Waals surface area contributed by atoms with Gasteiger partial charge in [-0.3, -0.25) is 0 Å². The minimum absolute atomic E-state index is 0.0498. The van der Waals surface area contributed by atoms with Gasteiger partial charge >= 0.3 is 23.9 Å². The number of hydrogen-bond donors (Lipinski definition) is 0. The monoisotopic (exact) mass is 798 g/mol. The fourth-order valence-electron chi connectivity index (χ4n) is 5.86. The molecule has 1 saturated carbocycles. The second-order valence-electron chi connectivity index (χ2n) is 13.0. The van der Waals surface area contributed by atoms with Crippen molar-refractivity contribution in [2.45, 2.75) is 79.6 Å². The normalized spacial score (nSPS) is 17.9. The SMILES string of the molecule is CC(C)CCC(C)CCCOC(=O)c1c(Cl)c(Cl)cc(Cl)c1OC(=O)C(=O)Oc1c(Cl)cc(Cl)c(Cl)c1C(=O)OCCC1C(C)CCC1C. The van der Waals surface area contributed by atoms with E-state index in [1.165, 1.54) is 0 Å². The molecule has 1 aliphatic rings. The van der Waals surface area contributed by atoms with Gasteiger partial charge in [0.05, 0.1) is 43.3 Å². The highest BCUT2D eigenvalue weighted by atomic mass is 35.5. The van der Waals surface area contributed by atoms with Crippen molar-refractivity contribution in [2.24, 2.45) is 29.6 Å². The molecule has 1 aliphatic carbocycles. The van der Waals surface area contributed by atoms with Gasteiger partial charge in [0.2, 0.25) is 0 Å². The highest BCUT2D eigenvalue weighted by Crippen LogP contribution is 2.42. The maximum Gasteiger partial charge on any atom is 0.423 e. The number of ether oxygens (including phenoxy) is 4. The van der Waals surface area contributed by atoms with Gasteiger partial charge in [-0.1, -0.05) is 130 Å². The Balaban J connectivity index is 1.75. The van der Waals surface area contributed by atoms with E-state index in [1.54, 1.807) is 0 Å². The summed E-state index contributed by atoms with van der Waals surface area (Å²) in [7, 11) is 0. The topological polar surface area (TPSA) is 105 Å². The average Bonchev–Trinajstić information content (AvgIpc) is 3.35. The summed E-state index contributed by atoms with van der Waals surface area (Å²) in [6.45, 7) is 10.9. The van der Waals surface area contributed by atoms with E-state index in [-0.39, 0.29) is 43.3 Å². The van der Waals surface area contributed by atoms with Crippen LogP contribution in [0.15, 0.2) is 12.1 Å².